The molecule has 1 atom stereocenters. The number of nitrogens with one attached hydrogen (secondary N) is 1. The Morgan fingerprint density at radius 2 is 2.00 bits per heavy atom. The number of aromatic nitrogens is 2. The summed E-state index contributed by atoms with van der Waals surface area (Å²) in [5, 5.41) is 28.6. The van der Waals surface area contributed by atoms with Gasteiger partial charge >= 0.3 is 0 Å². The molecule has 4 N–H and O–H groups in total. The van der Waals surface area contributed by atoms with E-state index in [0.29, 0.717) is 24.4 Å². The molecule has 2 aromatic carbocycles. The second kappa shape index (κ2) is 6.77. The SMILES string of the molecule is O=C(c1cccc(-c2ccc3nc(CO)[nH]c3c2)c1)N1CCC(O)(CO)C1. The summed E-state index contributed by atoms with van der Waals surface area (Å²) in [4.78, 5) is 21.7. The Hall–Kier alpha value is -2.74. The van der Waals surface area contributed by atoms with E-state index in [2.05, 4.69) is 9.97 Å². The number of fused-ring (bicyclic) bond motifs is 1. The fraction of sp³-hybridized carbons (Fsp3) is 0.300. The van der Waals surface area contributed by atoms with Crippen LogP contribution in [-0.4, -0.2) is 61.4 Å². The molecule has 1 aliphatic heterocycles. The first-order valence-electron chi connectivity index (χ1n) is 8.84. The van der Waals surface area contributed by atoms with E-state index < -0.39 is 5.60 Å². The molecule has 0 radical (unpaired) electrons. The molecule has 1 fully saturated rings. The van der Waals surface area contributed by atoms with Crippen LogP contribution in [0, 0.1) is 0 Å². The molecule has 0 spiro atoms. The van der Waals surface area contributed by atoms with Crippen molar-refractivity contribution >= 4 is 16.9 Å². The highest BCUT2D eigenvalue weighted by molar-refractivity contribution is 5.96. The van der Waals surface area contributed by atoms with Gasteiger partial charge in [-0.25, -0.2) is 4.98 Å². The lowest BCUT2D eigenvalue weighted by molar-refractivity contribution is -0.00455. The van der Waals surface area contributed by atoms with Gasteiger partial charge in [-0.3, -0.25) is 4.79 Å². The second-order valence-electron chi connectivity index (χ2n) is 7.01. The lowest BCUT2D eigenvalue weighted by Gasteiger charge is -2.21. The minimum atomic E-state index is -1.21. The third-order valence-electron chi connectivity index (χ3n) is 5.04. The van der Waals surface area contributed by atoms with E-state index >= 15 is 0 Å². The monoisotopic (exact) mass is 367 g/mol. The van der Waals surface area contributed by atoms with Crippen LogP contribution in [0.25, 0.3) is 22.2 Å². The zero-order chi connectivity index (χ0) is 19.0. The molecule has 1 saturated heterocycles. The number of H-pyrrole nitrogens is 1. The summed E-state index contributed by atoms with van der Waals surface area (Å²) in [6, 6.07) is 13.1. The van der Waals surface area contributed by atoms with Gasteiger partial charge in [0.05, 0.1) is 24.2 Å². The second-order valence-corrected chi connectivity index (χ2v) is 7.01. The van der Waals surface area contributed by atoms with Gasteiger partial charge in [0.1, 0.15) is 18.0 Å². The average Bonchev–Trinajstić information content (AvgIpc) is 3.30. The number of aromatic amines is 1. The Morgan fingerprint density at radius 3 is 2.74 bits per heavy atom. The highest BCUT2D eigenvalue weighted by atomic mass is 16.3. The molecule has 3 aromatic rings. The number of β-amino-alcohol motifs (C(OH)–C–C–N with tert-alkyl or cyclic N) is 1. The first kappa shape index (κ1) is 17.7. The molecule has 2 heterocycles. The summed E-state index contributed by atoms with van der Waals surface area (Å²) < 4.78 is 0. The number of carbonyl (C=O) groups is 1. The topological polar surface area (TPSA) is 110 Å². The quantitative estimate of drug-likeness (QED) is 0.556. The van der Waals surface area contributed by atoms with E-state index in [1.54, 1.807) is 11.0 Å². The Balaban J connectivity index is 1.62. The van der Waals surface area contributed by atoms with Crippen molar-refractivity contribution in [2.45, 2.75) is 18.6 Å². The zero-order valence-electron chi connectivity index (χ0n) is 14.7. The number of aliphatic hydroxyl groups excluding tert-OH is 2. The zero-order valence-corrected chi connectivity index (χ0v) is 14.7. The van der Waals surface area contributed by atoms with Crippen molar-refractivity contribution in [3.63, 3.8) is 0 Å². The predicted molar refractivity (Wildman–Crippen MR) is 100 cm³/mol. The van der Waals surface area contributed by atoms with E-state index in [1.807, 2.05) is 36.4 Å². The molecule has 0 bridgehead atoms. The van der Waals surface area contributed by atoms with Crippen LogP contribution < -0.4 is 0 Å². The molecule has 0 saturated carbocycles. The first-order valence-corrected chi connectivity index (χ1v) is 8.84. The lowest BCUT2D eigenvalue weighted by Crippen LogP contribution is -2.38. The van der Waals surface area contributed by atoms with Gasteiger partial charge in [-0.1, -0.05) is 18.2 Å². The predicted octanol–water partition coefficient (Wildman–Crippen LogP) is 1.29. The number of amides is 1. The van der Waals surface area contributed by atoms with Crippen molar-refractivity contribution in [3.8, 4) is 11.1 Å². The van der Waals surface area contributed by atoms with E-state index in [4.69, 9.17) is 0 Å². The van der Waals surface area contributed by atoms with E-state index in [-0.39, 0.29) is 25.7 Å². The van der Waals surface area contributed by atoms with Crippen LogP contribution in [0.3, 0.4) is 0 Å². The maximum Gasteiger partial charge on any atom is 0.253 e. The number of benzene rings is 2. The van der Waals surface area contributed by atoms with Crippen LogP contribution >= 0.6 is 0 Å². The number of imidazole rings is 1. The molecule has 1 aliphatic rings. The minimum absolute atomic E-state index is 0.136. The van der Waals surface area contributed by atoms with Gasteiger partial charge in [-0.05, 0) is 41.8 Å². The number of carbonyl (C=O) groups excluding carboxylic acids is 1. The molecule has 1 aromatic heterocycles. The normalized spacial score (nSPS) is 19.7. The molecular formula is C20H21N3O4. The smallest absolute Gasteiger partial charge is 0.253 e. The summed E-state index contributed by atoms with van der Waals surface area (Å²) in [7, 11) is 0. The molecular weight excluding hydrogens is 346 g/mol. The number of likely N-dealkylation sites (tertiary alicyclic amines) is 1. The average molecular weight is 367 g/mol. The third-order valence-corrected chi connectivity index (χ3v) is 5.04. The Labute approximate surface area is 155 Å². The standard InChI is InChI=1S/C20H21N3O4/c24-10-18-21-16-5-4-14(9-17(16)22-18)13-2-1-3-15(8-13)19(26)23-7-6-20(27,11-23)12-25/h1-5,8-9,24-25,27H,6-7,10-12H2,(H,21,22). The van der Waals surface area contributed by atoms with Crippen LogP contribution in [0.5, 0.6) is 0 Å². The van der Waals surface area contributed by atoms with E-state index in [1.165, 1.54) is 0 Å². The third kappa shape index (κ3) is 3.32. The maximum absolute atomic E-state index is 12.8. The lowest BCUT2D eigenvalue weighted by atomic mass is 10.0. The van der Waals surface area contributed by atoms with Crippen molar-refractivity contribution in [2.75, 3.05) is 19.7 Å². The van der Waals surface area contributed by atoms with Crippen LogP contribution in [0.15, 0.2) is 42.5 Å². The molecule has 7 nitrogen and oxygen atoms in total. The van der Waals surface area contributed by atoms with Gasteiger partial charge in [0, 0.05) is 12.1 Å². The Morgan fingerprint density at radius 1 is 1.19 bits per heavy atom. The minimum Gasteiger partial charge on any atom is -0.393 e. The van der Waals surface area contributed by atoms with Gasteiger partial charge in [-0.15, -0.1) is 0 Å². The van der Waals surface area contributed by atoms with Gasteiger partial charge in [-0.2, -0.15) is 0 Å². The van der Waals surface area contributed by atoms with Crippen LogP contribution in [-0.2, 0) is 6.61 Å². The van der Waals surface area contributed by atoms with Gasteiger partial charge in [0.2, 0.25) is 0 Å². The van der Waals surface area contributed by atoms with Gasteiger partial charge < -0.3 is 25.2 Å². The Kier molecular flexibility index (Phi) is 4.43. The van der Waals surface area contributed by atoms with E-state index in [0.717, 1.165) is 22.2 Å². The summed E-state index contributed by atoms with van der Waals surface area (Å²) >= 11 is 0. The fourth-order valence-electron chi connectivity index (χ4n) is 3.49. The molecule has 27 heavy (non-hydrogen) atoms. The van der Waals surface area contributed by atoms with Crippen molar-refractivity contribution in [1.82, 2.24) is 14.9 Å². The number of nitrogens with zero attached hydrogens (tertiary/aromatic N) is 2. The molecule has 0 aliphatic carbocycles. The van der Waals surface area contributed by atoms with Crippen molar-refractivity contribution in [3.05, 3.63) is 53.9 Å². The largest absolute Gasteiger partial charge is 0.393 e. The number of hydrogen-bond donors (Lipinski definition) is 4. The fourth-order valence-corrected chi connectivity index (χ4v) is 3.49. The highest BCUT2D eigenvalue weighted by Crippen LogP contribution is 2.26. The van der Waals surface area contributed by atoms with Crippen LogP contribution in [0.1, 0.15) is 22.6 Å². The van der Waals surface area contributed by atoms with Crippen molar-refractivity contribution < 1.29 is 20.1 Å². The van der Waals surface area contributed by atoms with Crippen molar-refractivity contribution in [1.29, 1.82) is 0 Å². The summed E-state index contributed by atoms with van der Waals surface area (Å²) in [5.74, 6) is 0.350. The molecule has 1 amide bonds. The Bertz CT molecular complexity index is 1000. The first-order chi connectivity index (χ1) is 13.0. The molecule has 7 heteroatoms. The summed E-state index contributed by atoms with van der Waals surface area (Å²) in [5.41, 5.74) is 2.74. The summed E-state index contributed by atoms with van der Waals surface area (Å²) in [6.45, 7) is 0.0572. The molecule has 140 valence electrons. The number of aliphatic hydroxyl groups is 3. The number of hydrogen-bond acceptors (Lipinski definition) is 5. The number of rotatable bonds is 4. The van der Waals surface area contributed by atoms with Crippen molar-refractivity contribution in [2.24, 2.45) is 0 Å². The van der Waals surface area contributed by atoms with Crippen LogP contribution in [0.4, 0.5) is 0 Å². The van der Waals surface area contributed by atoms with Gasteiger partial charge in [0.15, 0.2) is 0 Å². The summed E-state index contributed by atoms with van der Waals surface area (Å²) in [6.07, 6.45) is 0.374. The molecule has 4 rings (SSSR count). The maximum atomic E-state index is 12.8. The molecule has 1 unspecified atom stereocenters. The van der Waals surface area contributed by atoms with Crippen LogP contribution in [0.2, 0.25) is 0 Å². The van der Waals surface area contributed by atoms with Gasteiger partial charge in [0.25, 0.3) is 5.91 Å². The highest BCUT2D eigenvalue weighted by Gasteiger charge is 2.37. The van der Waals surface area contributed by atoms with E-state index in [9.17, 15) is 20.1 Å².